The van der Waals surface area contributed by atoms with E-state index >= 15 is 0 Å². The van der Waals surface area contributed by atoms with Crippen molar-refractivity contribution in [1.29, 1.82) is 0 Å². The molecule has 1 heterocycles. The minimum atomic E-state index is -0.390. The number of rotatable bonds is 5. The van der Waals surface area contributed by atoms with Crippen LogP contribution >= 0.6 is 0 Å². The Kier molecular flexibility index (Phi) is 4.26. The lowest BCUT2D eigenvalue weighted by molar-refractivity contribution is -0.121. The van der Waals surface area contributed by atoms with Crippen LogP contribution in [0.1, 0.15) is 47.4 Å². The number of amides is 3. The van der Waals surface area contributed by atoms with Crippen LogP contribution in [0.5, 0.6) is 0 Å². The van der Waals surface area contributed by atoms with Crippen molar-refractivity contribution < 1.29 is 14.4 Å². The van der Waals surface area contributed by atoms with Gasteiger partial charge in [-0.25, -0.2) is 0 Å². The van der Waals surface area contributed by atoms with Crippen LogP contribution in [-0.2, 0) is 4.79 Å². The predicted octanol–water partition coefficient (Wildman–Crippen LogP) is 1.17. The summed E-state index contributed by atoms with van der Waals surface area (Å²) < 4.78 is 0. The normalized spacial score (nSPS) is 15.0. The first kappa shape index (κ1) is 15.0. The lowest BCUT2D eigenvalue weighted by Crippen LogP contribution is -2.37. The summed E-state index contributed by atoms with van der Waals surface area (Å²) in [5.74, 6) is -0.926. The first-order chi connectivity index (χ1) is 9.93. The number of carbonyl (C=O) groups excluding carboxylic acids is 3. The van der Waals surface area contributed by atoms with Gasteiger partial charge in [-0.1, -0.05) is 6.92 Å². The van der Waals surface area contributed by atoms with Crippen molar-refractivity contribution in [3.8, 4) is 0 Å². The number of fused-ring (bicyclic) bond motifs is 1. The van der Waals surface area contributed by atoms with Crippen molar-refractivity contribution in [2.45, 2.75) is 32.7 Å². The summed E-state index contributed by atoms with van der Waals surface area (Å²) in [6.07, 6.45) is 0.934. The molecule has 1 atom stereocenters. The standard InChI is InChI=1S/C15H19N3O3/c1-3-9(2)17-13(19)6-7-18-14(20)11-5-4-10(16)8-12(11)15(18)21/h4-5,8-9H,3,6-7,16H2,1-2H3,(H,17,19). The summed E-state index contributed by atoms with van der Waals surface area (Å²) in [5, 5.41) is 2.81. The minimum Gasteiger partial charge on any atom is -0.399 e. The fourth-order valence-electron chi connectivity index (χ4n) is 2.17. The molecule has 1 aliphatic rings. The molecule has 0 spiro atoms. The van der Waals surface area contributed by atoms with Crippen molar-refractivity contribution in [1.82, 2.24) is 10.2 Å². The number of imide groups is 1. The molecule has 3 N–H and O–H groups in total. The fraction of sp³-hybridized carbons (Fsp3) is 0.400. The third-order valence-electron chi connectivity index (χ3n) is 3.58. The van der Waals surface area contributed by atoms with Crippen LogP contribution in [0.4, 0.5) is 5.69 Å². The molecule has 1 unspecified atom stereocenters. The van der Waals surface area contributed by atoms with Crippen LogP contribution in [0, 0.1) is 0 Å². The number of nitrogen functional groups attached to an aromatic ring is 1. The van der Waals surface area contributed by atoms with E-state index in [4.69, 9.17) is 5.73 Å². The number of carbonyl (C=O) groups is 3. The Morgan fingerprint density at radius 2 is 1.95 bits per heavy atom. The number of nitrogens with zero attached hydrogens (tertiary/aromatic N) is 1. The Balaban J connectivity index is 2.02. The van der Waals surface area contributed by atoms with Gasteiger partial charge >= 0.3 is 0 Å². The van der Waals surface area contributed by atoms with Gasteiger partial charge in [-0.15, -0.1) is 0 Å². The van der Waals surface area contributed by atoms with Crippen LogP contribution in [0.2, 0.25) is 0 Å². The molecule has 0 bridgehead atoms. The van der Waals surface area contributed by atoms with E-state index in [9.17, 15) is 14.4 Å². The Labute approximate surface area is 123 Å². The number of anilines is 1. The lowest BCUT2D eigenvalue weighted by Gasteiger charge is -2.15. The molecule has 112 valence electrons. The second kappa shape index (κ2) is 5.95. The molecule has 0 saturated carbocycles. The maximum Gasteiger partial charge on any atom is 0.261 e. The molecule has 6 nitrogen and oxygen atoms in total. The van der Waals surface area contributed by atoms with E-state index in [1.54, 1.807) is 12.1 Å². The summed E-state index contributed by atoms with van der Waals surface area (Å²) in [7, 11) is 0. The zero-order valence-electron chi connectivity index (χ0n) is 12.2. The first-order valence-corrected chi connectivity index (χ1v) is 6.99. The van der Waals surface area contributed by atoms with E-state index in [2.05, 4.69) is 5.32 Å². The van der Waals surface area contributed by atoms with E-state index in [-0.39, 0.29) is 30.8 Å². The SMILES string of the molecule is CCC(C)NC(=O)CCN1C(=O)c2ccc(N)cc2C1=O. The summed E-state index contributed by atoms with van der Waals surface area (Å²) >= 11 is 0. The molecule has 0 fully saturated rings. The molecule has 21 heavy (non-hydrogen) atoms. The van der Waals surface area contributed by atoms with Gasteiger partial charge in [0.05, 0.1) is 11.1 Å². The molecule has 0 saturated heterocycles. The largest absolute Gasteiger partial charge is 0.399 e. The van der Waals surface area contributed by atoms with Gasteiger partial charge in [0.15, 0.2) is 0 Å². The average Bonchev–Trinajstić information content (AvgIpc) is 2.68. The van der Waals surface area contributed by atoms with Crippen molar-refractivity contribution >= 4 is 23.4 Å². The highest BCUT2D eigenvalue weighted by molar-refractivity contribution is 6.21. The summed E-state index contributed by atoms with van der Waals surface area (Å²) in [6.45, 7) is 3.96. The number of benzene rings is 1. The van der Waals surface area contributed by atoms with Crippen molar-refractivity contribution in [2.24, 2.45) is 0 Å². The average molecular weight is 289 g/mol. The molecule has 1 aromatic rings. The lowest BCUT2D eigenvalue weighted by atomic mass is 10.1. The molecule has 3 amide bonds. The van der Waals surface area contributed by atoms with Crippen LogP contribution in [-0.4, -0.2) is 35.2 Å². The van der Waals surface area contributed by atoms with Crippen LogP contribution < -0.4 is 11.1 Å². The summed E-state index contributed by atoms with van der Waals surface area (Å²) in [6, 6.07) is 4.71. The van der Waals surface area contributed by atoms with E-state index in [1.807, 2.05) is 13.8 Å². The van der Waals surface area contributed by atoms with E-state index in [1.165, 1.54) is 6.07 Å². The van der Waals surface area contributed by atoms with Crippen molar-refractivity contribution in [2.75, 3.05) is 12.3 Å². The van der Waals surface area contributed by atoms with E-state index in [0.29, 0.717) is 16.8 Å². The summed E-state index contributed by atoms with van der Waals surface area (Å²) in [5.41, 5.74) is 6.72. The number of nitrogens with one attached hydrogen (secondary N) is 1. The molecular weight excluding hydrogens is 270 g/mol. The third-order valence-corrected chi connectivity index (χ3v) is 3.58. The zero-order chi connectivity index (χ0) is 15.6. The quantitative estimate of drug-likeness (QED) is 0.628. The maximum absolute atomic E-state index is 12.2. The Bertz CT molecular complexity index is 598. The van der Waals surface area contributed by atoms with Gasteiger partial charge in [0.2, 0.25) is 5.91 Å². The van der Waals surface area contributed by atoms with Crippen molar-refractivity contribution in [3.05, 3.63) is 29.3 Å². The molecule has 1 aromatic carbocycles. The first-order valence-electron chi connectivity index (χ1n) is 6.99. The third kappa shape index (κ3) is 3.04. The smallest absolute Gasteiger partial charge is 0.261 e. The highest BCUT2D eigenvalue weighted by Crippen LogP contribution is 2.24. The van der Waals surface area contributed by atoms with Crippen LogP contribution in [0.15, 0.2) is 18.2 Å². The monoisotopic (exact) mass is 289 g/mol. The van der Waals surface area contributed by atoms with E-state index in [0.717, 1.165) is 11.3 Å². The minimum absolute atomic E-state index is 0.0779. The van der Waals surface area contributed by atoms with Gasteiger partial charge in [-0.3, -0.25) is 19.3 Å². The Hall–Kier alpha value is -2.37. The number of hydrogen-bond acceptors (Lipinski definition) is 4. The second-order valence-electron chi connectivity index (χ2n) is 5.19. The molecule has 6 heteroatoms. The Morgan fingerprint density at radius 1 is 1.29 bits per heavy atom. The van der Waals surface area contributed by atoms with Gasteiger partial charge in [0.25, 0.3) is 11.8 Å². The number of hydrogen-bond donors (Lipinski definition) is 2. The Morgan fingerprint density at radius 3 is 2.62 bits per heavy atom. The molecule has 0 radical (unpaired) electrons. The van der Waals surface area contributed by atoms with Crippen molar-refractivity contribution in [3.63, 3.8) is 0 Å². The van der Waals surface area contributed by atoms with Crippen LogP contribution in [0.25, 0.3) is 0 Å². The highest BCUT2D eigenvalue weighted by Gasteiger charge is 2.35. The topological polar surface area (TPSA) is 92.5 Å². The summed E-state index contributed by atoms with van der Waals surface area (Å²) in [4.78, 5) is 37.1. The second-order valence-corrected chi connectivity index (χ2v) is 5.19. The van der Waals surface area contributed by atoms with E-state index < -0.39 is 5.91 Å². The maximum atomic E-state index is 12.2. The van der Waals surface area contributed by atoms with Gasteiger partial charge < -0.3 is 11.1 Å². The molecule has 1 aliphatic heterocycles. The molecular formula is C15H19N3O3. The van der Waals surface area contributed by atoms with Gasteiger partial charge in [0.1, 0.15) is 0 Å². The van der Waals surface area contributed by atoms with Gasteiger partial charge in [-0.2, -0.15) is 0 Å². The molecule has 0 aliphatic carbocycles. The van der Waals surface area contributed by atoms with Crippen LogP contribution in [0.3, 0.4) is 0 Å². The highest BCUT2D eigenvalue weighted by atomic mass is 16.2. The zero-order valence-corrected chi connectivity index (χ0v) is 12.2. The fourth-order valence-corrected chi connectivity index (χ4v) is 2.17. The van der Waals surface area contributed by atoms with Gasteiger partial charge in [0, 0.05) is 24.7 Å². The molecule has 2 rings (SSSR count). The van der Waals surface area contributed by atoms with Gasteiger partial charge in [-0.05, 0) is 31.5 Å². The predicted molar refractivity (Wildman–Crippen MR) is 78.7 cm³/mol. The number of nitrogens with two attached hydrogens (primary N) is 1. The molecule has 0 aromatic heterocycles.